The first kappa shape index (κ1) is 13.6. The van der Waals surface area contributed by atoms with Gasteiger partial charge >= 0.3 is 5.97 Å². The summed E-state index contributed by atoms with van der Waals surface area (Å²) in [6, 6.07) is 9.48. The third-order valence-electron chi connectivity index (χ3n) is 2.21. The zero-order chi connectivity index (χ0) is 13.1. The average molecular weight is 517 g/mol. The van der Waals surface area contributed by atoms with Gasteiger partial charge in [-0.15, -0.1) is 0 Å². The van der Waals surface area contributed by atoms with Gasteiger partial charge in [-0.1, -0.05) is 18.2 Å². The van der Waals surface area contributed by atoms with Gasteiger partial charge in [-0.05, 0) is 12.1 Å². The number of phenols is 1. The predicted molar refractivity (Wildman–Crippen MR) is 59.4 cm³/mol. The van der Waals surface area contributed by atoms with E-state index in [9.17, 15) is 13.6 Å². The quantitative estimate of drug-likeness (QED) is 0.493. The number of benzene rings is 2. The molecule has 3 nitrogen and oxygen atoms in total. The van der Waals surface area contributed by atoms with E-state index in [1.54, 1.807) is 18.2 Å². The number of halogens is 2. The Morgan fingerprint density at radius 1 is 1.05 bits per heavy atom. The van der Waals surface area contributed by atoms with Crippen molar-refractivity contribution in [3.63, 3.8) is 0 Å². The van der Waals surface area contributed by atoms with Crippen LogP contribution in [-0.4, -0.2) is 11.1 Å². The Kier molecular flexibility index (Phi) is 3.78. The Bertz CT molecular complexity index is 565. The summed E-state index contributed by atoms with van der Waals surface area (Å²) in [5.41, 5.74) is 0.256. The SMILES string of the molecule is O=C(Oc1cc(F)c(O)c(F)c1)c1ccccc1.[Rf]. The van der Waals surface area contributed by atoms with Crippen molar-refractivity contribution in [3.8, 4) is 11.5 Å². The van der Waals surface area contributed by atoms with Crippen LogP contribution < -0.4 is 4.74 Å². The van der Waals surface area contributed by atoms with E-state index in [1.807, 2.05) is 0 Å². The number of phenolic OH excluding ortho intramolecular Hbond substituents is 1. The molecule has 0 spiro atoms. The molecule has 0 aliphatic heterocycles. The van der Waals surface area contributed by atoms with Crippen LogP contribution in [0.1, 0.15) is 10.4 Å². The Labute approximate surface area is 101 Å². The van der Waals surface area contributed by atoms with E-state index in [2.05, 4.69) is 0 Å². The largest absolute Gasteiger partial charge is 0.503 e. The topological polar surface area (TPSA) is 46.5 Å². The van der Waals surface area contributed by atoms with Crippen molar-refractivity contribution in [2.75, 3.05) is 0 Å². The minimum atomic E-state index is -1.19. The third-order valence-corrected chi connectivity index (χ3v) is 2.21. The molecule has 2 aromatic carbocycles. The Morgan fingerprint density at radius 3 is 2.11 bits per heavy atom. The summed E-state index contributed by atoms with van der Waals surface area (Å²) in [4.78, 5) is 11.6. The van der Waals surface area contributed by atoms with Gasteiger partial charge in [-0.25, -0.2) is 13.6 Å². The Balaban J connectivity index is 0.00000180. The zero-order valence-electron chi connectivity index (χ0n) is 9.77. The first-order valence-corrected chi connectivity index (χ1v) is 5.03. The van der Waals surface area contributed by atoms with Crippen LogP contribution in [0, 0.1) is 11.6 Å². The zero-order valence-corrected chi connectivity index (χ0v) is 16.2. The van der Waals surface area contributed by atoms with Crippen molar-refractivity contribution >= 4 is 5.97 Å². The number of esters is 1. The molecule has 2 rings (SSSR count). The van der Waals surface area contributed by atoms with E-state index in [1.165, 1.54) is 12.1 Å². The first-order valence-electron chi connectivity index (χ1n) is 5.03. The summed E-state index contributed by atoms with van der Waals surface area (Å²) in [5, 5.41) is 8.89. The molecule has 19 heavy (non-hydrogen) atoms. The van der Waals surface area contributed by atoms with Crippen LogP contribution in [0.5, 0.6) is 11.5 Å². The van der Waals surface area contributed by atoms with Crippen LogP contribution in [0.2, 0.25) is 0 Å². The Morgan fingerprint density at radius 2 is 1.58 bits per heavy atom. The fourth-order valence-corrected chi connectivity index (χ4v) is 1.34. The monoisotopic (exact) mass is 517 g/mol. The van der Waals surface area contributed by atoms with E-state index in [0.29, 0.717) is 0 Å². The van der Waals surface area contributed by atoms with Crippen molar-refractivity contribution in [1.29, 1.82) is 0 Å². The molecule has 0 fully saturated rings. The summed E-state index contributed by atoms with van der Waals surface area (Å²) < 4.78 is 30.8. The molecule has 0 saturated carbocycles. The molecular formula is C13H8F2O3Rf. The second kappa shape index (κ2) is 5.27. The van der Waals surface area contributed by atoms with Crippen molar-refractivity contribution < 1.29 is 23.4 Å². The standard InChI is InChI=1S/C13H8F2O3.Rf/c14-10-6-9(7-11(15)12(10)16)18-13(17)8-4-2-1-3-5-8;/h1-7,16H;. The molecule has 0 aliphatic carbocycles. The molecule has 6 heteroatoms. The molecule has 1 N–H and O–H groups in total. The minimum Gasteiger partial charge on any atom is -0.503 e. The van der Waals surface area contributed by atoms with Gasteiger partial charge < -0.3 is 9.84 Å². The maximum atomic E-state index is 13.0. The van der Waals surface area contributed by atoms with Crippen molar-refractivity contribution in [1.82, 2.24) is 0 Å². The molecule has 0 unspecified atom stereocenters. The molecule has 0 amide bonds. The van der Waals surface area contributed by atoms with Crippen molar-refractivity contribution in [3.05, 3.63) is 59.7 Å². The number of hydrogen-bond donors (Lipinski definition) is 1. The van der Waals surface area contributed by atoms with Gasteiger partial charge in [-0.3, -0.25) is 0 Å². The smallest absolute Gasteiger partial charge is 0.343 e. The average Bonchev–Trinajstić information content (AvgIpc) is 2.37. The van der Waals surface area contributed by atoms with Gasteiger partial charge in [0.15, 0.2) is 17.4 Å². The van der Waals surface area contributed by atoms with Crippen LogP contribution in [0.25, 0.3) is 0 Å². The number of carbonyl (C=O) groups is 1. The number of ether oxygens (including phenoxy) is 1. The first-order chi connectivity index (χ1) is 8.58. The third kappa shape index (κ3) is 2.82. The maximum Gasteiger partial charge on any atom is 0.343 e. The van der Waals surface area contributed by atoms with Crippen LogP contribution in [0.4, 0.5) is 8.78 Å². The molecule has 0 saturated heterocycles. The maximum absolute atomic E-state index is 13.0. The Hall–Kier alpha value is -3.43. The van der Waals surface area contributed by atoms with Gasteiger partial charge in [0, 0.05) is 12.1 Å². The van der Waals surface area contributed by atoms with Crippen LogP contribution >= 0.6 is 0 Å². The number of rotatable bonds is 2. The van der Waals surface area contributed by atoms with Gasteiger partial charge in [0.1, 0.15) is 5.75 Å². The van der Waals surface area contributed by atoms with E-state index in [4.69, 9.17) is 9.84 Å². The number of hydrogen-bond acceptors (Lipinski definition) is 3. The van der Waals surface area contributed by atoms with Gasteiger partial charge in [0.05, 0.1) is 5.56 Å². The molecule has 0 radical (unpaired) electrons. The summed E-state index contributed by atoms with van der Waals surface area (Å²) in [7, 11) is 0. The van der Waals surface area contributed by atoms with Crippen LogP contribution in [0.3, 0.4) is 0 Å². The summed E-state index contributed by atoms with van der Waals surface area (Å²) >= 11 is 0. The second-order valence-electron chi connectivity index (χ2n) is 3.49. The van der Waals surface area contributed by atoms with Crippen molar-refractivity contribution in [2.24, 2.45) is 0 Å². The predicted octanol–water partition coefficient (Wildman–Crippen LogP) is 2.89. The van der Waals surface area contributed by atoms with E-state index < -0.39 is 23.4 Å². The molecule has 0 atom stereocenters. The second-order valence-corrected chi connectivity index (χ2v) is 3.49. The molecule has 0 aromatic heterocycles. The van der Waals surface area contributed by atoms with Crippen LogP contribution in [0.15, 0.2) is 42.5 Å². The summed E-state index contributed by atoms with van der Waals surface area (Å²) in [6.45, 7) is 0. The van der Waals surface area contributed by atoms with E-state index >= 15 is 0 Å². The van der Waals surface area contributed by atoms with Gasteiger partial charge in [0.25, 0.3) is 0 Å². The van der Waals surface area contributed by atoms with E-state index in [-0.39, 0.29) is 11.3 Å². The van der Waals surface area contributed by atoms with Crippen molar-refractivity contribution in [2.45, 2.75) is 0 Å². The van der Waals surface area contributed by atoms with E-state index in [0.717, 1.165) is 12.1 Å². The van der Waals surface area contributed by atoms with Gasteiger partial charge in [-0.2, -0.15) is 0 Å². The van der Waals surface area contributed by atoms with Gasteiger partial charge in [0.2, 0.25) is 0 Å². The molecule has 2 aromatic rings. The molecular weight excluding hydrogens is 509 g/mol. The minimum absolute atomic E-state index is 0. The fourth-order valence-electron chi connectivity index (χ4n) is 1.34. The number of aromatic hydroxyl groups is 1. The number of carbonyl (C=O) groups excluding carboxylic acids is 1. The summed E-state index contributed by atoms with van der Waals surface area (Å²) in [6.07, 6.45) is 0. The van der Waals surface area contributed by atoms with Crippen LogP contribution in [-0.2, 0) is 0 Å². The fraction of sp³-hybridized carbons (Fsp3) is 0. The molecule has 0 bridgehead atoms. The summed E-state index contributed by atoms with van der Waals surface area (Å²) in [5.74, 6) is -4.53. The molecule has 0 heterocycles. The molecule has 0 aliphatic rings. The normalized spacial score (nSPS) is 9.58. The molecule has 94 valence electrons.